The van der Waals surface area contributed by atoms with E-state index in [4.69, 9.17) is 5.21 Å². The number of hydrogen-bond donors (Lipinski definition) is 1. The molecule has 0 fully saturated rings. The molecule has 2 nitrogen and oxygen atoms in total. The molecule has 12 heavy (non-hydrogen) atoms. The van der Waals surface area contributed by atoms with Crippen molar-refractivity contribution < 1.29 is 5.21 Å². The third-order valence-electron chi connectivity index (χ3n) is 1.71. The van der Waals surface area contributed by atoms with Crippen LogP contribution in [-0.4, -0.2) is 10.9 Å². The first kappa shape index (κ1) is 8.53. The van der Waals surface area contributed by atoms with Crippen molar-refractivity contribution in [1.29, 1.82) is 0 Å². The fraction of sp³-hybridized carbons (Fsp3) is 0.100. The molecule has 0 atom stereocenters. The quantitative estimate of drug-likeness (QED) is 0.403. The van der Waals surface area contributed by atoms with Gasteiger partial charge < -0.3 is 5.21 Å². The Balaban J connectivity index is 2.94. The smallest absolute Gasteiger partial charge is 0.0836 e. The first-order valence-electron chi connectivity index (χ1n) is 3.69. The van der Waals surface area contributed by atoms with Crippen LogP contribution in [0.3, 0.4) is 0 Å². The van der Waals surface area contributed by atoms with Gasteiger partial charge in [-0.3, -0.25) is 0 Å². The maximum absolute atomic E-state index is 8.49. The predicted octanol–water partition coefficient (Wildman–Crippen LogP) is 2.55. The summed E-state index contributed by atoms with van der Waals surface area (Å²) < 4.78 is 0. The summed E-state index contributed by atoms with van der Waals surface area (Å²) >= 11 is 0. The van der Waals surface area contributed by atoms with Crippen molar-refractivity contribution in [2.24, 2.45) is 5.16 Å². The zero-order valence-corrected chi connectivity index (χ0v) is 6.99. The summed E-state index contributed by atoms with van der Waals surface area (Å²) in [5, 5.41) is 11.6. The number of hydrogen-bond acceptors (Lipinski definition) is 2. The van der Waals surface area contributed by atoms with Crippen molar-refractivity contribution in [3.05, 3.63) is 42.5 Å². The van der Waals surface area contributed by atoms with Crippen molar-refractivity contribution in [3.8, 4) is 0 Å². The average Bonchev–Trinajstić information content (AvgIpc) is 2.17. The van der Waals surface area contributed by atoms with Gasteiger partial charge in [-0.2, -0.15) is 0 Å². The lowest BCUT2D eigenvalue weighted by Crippen LogP contribution is -1.94. The highest BCUT2D eigenvalue weighted by Crippen LogP contribution is 2.12. The maximum atomic E-state index is 8.49. The fourth-order valence-electron chi connectivity index (χ4n) is 0.909. The highest BCUT2D eigenvalue weighted by Gasteiger charge is 2.00. The Hall–Kier alpha value is -1.57. The second-order valence-electron chi connectivity index (χ2n) is 2.53. The van der Waals surface area contributed by atoms with Crippen LogP contribution in [0.2, 0.25) is 0 Å². The molecular weight excluding hydrogens is 150 g/mol. The summed E-state index contributed by atoms with van der Waals surface area (Å²) in [7, 11) is 0. The van der Waals surface area contributed by atoms with Crippen LogP contribution in [0.1, 0.15) is 12.5 Å². The molecule has 0 radical (unpaired) electrons. The Labute approximate surface area is 71.8 Å². The summed E-state index contributed by atoms with van der Waals surface area (Å²) in [6.07, 6.45) is 0. The van der Waals surface area contributed by atoms with Crippen LogP contribution < -0.4 is 0 Å². The minimum Gasteiger partial charge on any atom is -0.411 e. The van der Waals surface area contributed by atoms with E-state index in [0.29, 0.717) is 5.71 Å². The van der Waals surface area contributed by atoms with Gasteiger partial charge in [-0.1, -0.05) is 42.1 Å². The van der Waals surface area contributed by atoms with Gasteiger partial charge in [0.1, 0.15) is 0 Å². The lowest BCUT2D eigenvalue weighted by molar-refractivity contribution is 0.319. The van der Waals surface area contributed by atoms with Crippen molar-refractivity contribution >= 4 is 11.3 Å². The molecule has 0 saturated carbocycles. The molecule has 0 unspecified atom stereocenters. The predicted molar refractivity (Wildman–Crippen MR) is 50.4 cm³/mol. The highest BCUT2D eigenvalue weighted by molar-refractivity contribution is 6.21. The van der Waals surface area contributed by atoms with E-state index < -0.39 is 0 Å². The molecule has 0 amide bonds. The zero-order valence-electron chi connectivity index (χ0n) is 6.99. The van der Waals surface area contributed by atoms with E-state index in [0.717, 1.165) is 11.1 Å². The van der Waals surface area contributed by atoms with Crippen LogP contribution in [-0.2, 0) is 0 Å². The van der Waals surface area contributed by atoms with Crippen LogP contribution in [0, 0.1) is 0 Å². The van der Waals surface area contributed by atoms with Gasteiger partial charge >= 0.3 is 0 Å². The molecule has 1 N–H and O–H groups in total. The second kappa shape index (κ2) is 3.72. The SMILES string of the molecule is C=C(C(C)=NO)c1ccccc1. The monoisotopic (exact) mass is 161 g/mol. The van der Waals surface area contributed by atoms with Crippen LogP contribution in [0.25, 0.3) is 5.57 Å². The van der Waals surface area contributed by atoms with Gasteiger partial charge in [-0.05, 0) is 18.1 Å². The highest BCUT2D eigenvalue weighted by atomic mass is 16.4. The van der Waals surface area contributed by atoms with Gasteiger partial charge in [-0.25, -0.2) is 0 Å². The molecule has 0 spiro atoms. The van der Waals surface area contributed by atoms with E-state index in [9.17, 15) is 0 Å². The zero-order chi connectivity index (χ0) is 8.97. The molecule has 1 aromatic carbocycles. The van der Waals surface area contributed by atoms with Crippen molar-refractivity contribution in [2.75, 3.05) is 0 Å². The first-order valence-corrected chi connectivity index (χ1v) is 3.69. The van der Waals surface area contributed by atoms with Gasteiger partial charge in [0.2, 0.25) is 0 Å². The molecule has 62 valence electrons. The van der Waals surface area contributed by atoms with Crippen LogP contribution in [0.15, 0.2) is 42.1 Å². The molecule has 0 aliphatic heterocycles. The van der Waals surface area contributed by atoms with E-state index in [1.807, 2.05) is 30.3 Å². The minimum absolute atomic E-state index is 0.543. The summed E-state index contributed by atoms with van der Waals surface area (Å²) in [5.74, 6) is 0. The molecule has 0 aliphatic carbocycles. The standard InChI is InChI=1S/C10H11NO/c1-8(9(2)11-12)10-6-4-3-5-7-10/h3-7,12H,1H2,2H3. The summed E-state index contributed by atoms with van der Waals surface area (Å²) in [5.41, 5.74) is 2.27. The Kier molecular flexibility index (Phi) is 2.64. The number of rotatable bonds is 2. The van der Waals surface area contributed by atoms with E-state index in [1.54, 1.807) is 6.92 Å². The second-order valence-corrected chi connectivity index (χ2v) is 2.53. The summed E-state index contributed by atoms with van der Waals surface area (Å²) in [6.45, 7) is 5.52. The molecule has 0 aromatic heterocycles. The third-order valence-corrected chi connectivity index (χ3v) is 1.71. The van der Waals surface area contributed by atoms with E-state index in [1.165, 1.54) is 0 Å². The molecule has 0 saturated heterocycles. The number of oxime groups is 1. The Morgan fingerprint density at radius 3 is 2.42 bits per heavy atom. The van der Waals surface area contributed by atoms with E-state index in [2.05, 4.69) is 11.7 Å². The third kappa shape index (κ3) is 1.72. The molecule has 1 aromatic rings. The minimum atomic E-state index is 0.543. The number of allylic oxidation sites excluding steroid dienone is 1. The van der Waals surface area contributed by atoms with Gasteiger partial charge in [0.15, 0.2) is 0 Å². The Morgan fingerprint density at radius 1 is 1.33 bits per heavy atom. The van der Waals surface area contributed by atoms with Crippen LogP contribution in [0.4, 0.5) is 0 Å². The molecule has 0 heterocycles. The van der Waals surface area contributed by atoms with Crippen LogP contribution in [0.5, 0.6) is 0 Å². The lowest BCUT2D eigenvalue weighted by atomic mass is 10.0. The average molecular weight is 161 g/mol. The molecular formula is C10H11NO. The van der Waals surface area contributed by atoms with Crippen LogP contribution >= 0.6 is 0 Å². The normalized spacial score (nSPS) is 11.2. The maximum Gasteiger partial charge on any atom is 0.0836 e. The number of nitrogens with zero attached hydrogens (tertiary/aromatic N) is 1. The van der Waals surface area contributed by atoms with Gasteiger partial charge in [0.25, 0.3) is 0 Å². The van der Waals surface area contributed by atoms with Gasteiger partial charge in [0, 0.05) is 0 Å². The van der Waals surface area contributed by atoms with Gasteiger partial charge in [0.05, 0.1) is 5.71 Å². The molecule has 0 bridgehead atoms. The Morgan fingerprint density at radius 2 is 1.92 bits per heavy atom. The fourth-order valence-corrected chi connectivity index (χ4v) is 0.909. The number of benzene rings is 1. The topological polar surface area (TPSA) is 32.6 Å². The lowest BCUT2D eigenvalue weighted by Gasteiger charge is -2.02. The summed E-state index contributed by atoms with van der Waals surface area (Å²) in [6, 6.07) is 9.63. The van der Waals surface area contributed by atoms with E-state index in [-0.39, 0.29) is 0 Å². The van der Waals surface area contributed by atoms with Gasteiger partial charge in [-0.15, -0.1) is 0 Å². The molecule has 2 heteroatoms. The van der Waals surface area contributed by atoms with Crippen molar-refractivity contribution in [3.63, 3.8) is 0 Å². The summed E-state index contributed by atoms with van der Waals surface area (Å²) in [4.78, 5) is 0. The van der Waals surface area contributed by atoms with Crippen molar-refractivity contribution in [1.82, 2.24) is 0 Å². The first-order chi connectivity index (χ1) is 5.75. The molecule has 1 rings (SSSR count). The Bertz CT molecular complexity index is 301. The largest absolute Gasteiger partial charge is 0.411 e. The van der Waals surface area contributed by atoms with E-state index >= 15 is 0 Å². The van der Waals surface area contributed by atoms with Crippen molar-refractivity contribution in [2.45, 2.75) is 6.92 Å². The molecule has 0 aliphatic rings.